The number of nitrogens with one attached hydrogen (secondary N) is 1. The molecule has 3 N–H and O–H groups in total. The number of carbonyl (C=O) groups excluding carboxylic acids is 2. The van der Waals surface area contributed by atoms with Gasteiger partial charge in [0.15, 0.2) is 0 Å². The molecule has 84 valence electrons. The average Bonchev–Trinajstić information content (AvgIpc) is 2.61. The van der Waals surface area contributed by atoms with Gasteiger partial charge in [-0.2, -0.15) is 0 Å². The topological polar surface area (TPSA) is 75.4 Å². The molecule has 1 aliphatic rings. The summed E-state index contributed by atoms with van der Waals surface area (Å²) in [5, 5.41) is 0. The van der Waals surface area contributed by atoms with Gasteiger partial charge in [-0.1, -0.05) is 12.1 Å². The molecule has 1 aliphatic heterocycles. The van der Waals surface area contributed by atoms with Crippen LogP contribution < -0.4 is 11.3 Å². The van der Waals surface area contributed by atoms with Gasteiger partial charge in [0.05, 0.1) is 6.54 Å². The van der Waals surface area contributed by atoms with Gasteiger partial charge in [-0.25, -0.2) is 0 Å². The van der Waals surface area contributed by atoms with Crippen LogP contribution in [-0.4, -0.2) is 16.7 Å². The summed E-state index contributed by atoms with van der Waals surface area (Å²) in [7, 11) is 0. The number of imide groups is 1. The van der Waals surface area contributed by atoms with Crippen LogP contribution in [0.25, 0.3) is 0 Å². The van der Waals surface area contributed by atoms with Crippen LogP contribution in [0.2, 0.25) is 0 Å². The van der Waals surface area contributed by atoms with Crippen molar-refractivity contribution in [1.82, 2.24) is 4.90 Å². The van der Waals surface area contributed by atoms with E-state index >= 15 is 0 Å². The molecule has 1 aromatic rings. The zero-order valence-electron chi connectivity index (χ0n) is 8.77. The maximum absolute atomic E-state index is 11.4. The summed E-state index contributed by atoms with van der Waals surface area (Å²) < 4.78 is 0. The molecule has 16 heavy (non-hydrogen) atoms. The number of nitrogen functional groups attached to an aromatic ring is 1. The molecule has 0 bridgehead atoms. The summed E-state index contributed by atoms with van der Waals surface area (Å²) in [6, 6.07) is 7.32. The highest BCUT2D eigenvalue weighted by Crippen LogP contribution is 2.17. The Kier molecular flexibility index (Phi) is 2.87. The summed E-state index contributed by atoms with van der Waals surface area (Å²) in [6.45, 7) is 0.327. The molecular weight excluding hydrogens is 206 g/mol. The molecule has 1 saturated heterocycles. The summed E-state index contributed by atoms with van der Waals surface area (Å²) >= 11 is 0. The number of hydrazine groups is 1. The molecule has 1 heterocycles. The van der Waals surface area contributed by atoms with Gasteiger partial charge in [0, 0.05) is 18.5 Å². The van der Waals surface area contributed by atoms with Crippen LogP contribution in [-0.2, 0) is 16.1 Å². The molecule has 0 radical (unpaired) electrons. The third-order valence-electron chi connectivity index (χ3n) is 2.59. The fourth-order valence-corrected chi connectivity index (χ4v) is 1.74. The second-order valence-corrected chi connectivity index (χ2v) is 3.72. The Morgan fingerprint density at radius 1 is 1.25 bits per heavy atom. The minimum atomic E-state index is -0.101. The van der Waals surface area contributed by atoms with Gasteiger partial charge in [-0.05, 0) is 17.7 Å². The Balaban J connectivity index is 2.14. The third-order valence-corrected chi connectivity index (χ3v) is 2.59. The molecule has 5 heteroatoms. The molecule has 0 aliphatic carbocycles. The number of hydrogen-bond acceptors (Lipinski definition) is 4. The van der Waals surface area contributed by atoms with Gasteiger partial charge in [0.2, 0.25) is 11.8 Å². The third kappa shape index (κ3) is 2.04. The van der Waals surface area contributed by atoms with Crippen LogP contribution in [0, 0.1) is 0 Å². The highest BCUT2D eigenvalue weighted by molar-refractivity contribution is 6.01. The zero-order valence-corrected chi connectivity index (χ0v) is 8.77. The molecule has 2 rings (SSSR count). The van der Waals surface area contributed by atoms with Crippen LogP contribution in [0.3, 0.4) is 0 Å². The van der Waals surface area contributed by atoms with Gasteiger partial charge in [-0.15, -0.1) is 0 Å². The van der Waals surface area contributed by atoms with Crippen molar-refractivity contribution in [3.63, 3.8) is 0 Å². The van der Waals surface area contributed by atoms with E-state index in [-0.39, 0.29) is 11.8 Å². The predicted molar refractivity (Wildman–Crippen MR) is 59.0 cm³/mol. The summed E-state index contributed by atoms with van der Waals surface area (Å²) in [5.41, 5.74) is 4.18. The number of carbonyl (C=O) groups is 2. The fourth-order valence-electron chi connectivity index (χ4n) is 1.74. The molecule has 0 aromatic heterocycles. The second-order valence-electron chi connectivity index (χ2n) is 3.72. The van der Waals surface area contributed by atoms with Gasteiger partial charge in [0.1, 0.15) is 0 Å². The van der Waals surface area contributed by atoms with E-state index in [1.165, 1.54) is 4.90 Å². The number of nitrogens with two attached hydrogens (primary N) is 1. The van der Waals surface area contributed by atoms with Crippen LogP contribution in [0.15, 0.2) is 24.3 Å². The van der Waals surface area contributed by atoms with Crippen LogP contribution in [0.4, 0.5) is 5.69 Å². The van der Waals surface area contributed by atoms with Gasteiger partial charge in [-0.3, -0.25) is 20.3 Å². The number of anilines is 1. The van der Waals surface area contributed by atoms with Crippen LogP contribution in [0.1, 0.15) is 18.4 Å². The molecule has 1 fully saturated rings. The number of nitrogens with zero attached hydrogens (tertiary/aromatic N) is 1. The minimum absolute atomic E-state index is 0.101. The maximum Gasteiger partial charge on any atom is 0.229 e. The smallest absolute Gasteiger partial charge is 0.229 e. The first-order valence-corrected chi connectivity index (χ1v) is 5.09. The Labute approximate surface area is 93.2 Å². The monoisotopic (exact) mass is 219 g/mol. The molecule has 0 unspecified atom stereocenters. The average molecular weight is 219 g/mol. The van der Waals surface area contributed by atoms with Crippen molar-refractivity contribution >= 4 is 17.5 Å². The molecular formula is C11H13N3O2. The van der Waals surface area contributed by atoms with Crippen molar-refractivity contribution in [3.8, 4) is 0 Å². The normalized spacial score (nSPS) is 15.7. The Morgan fingerprint density at radius 3 is 2.56 bits per heavy atom. The Bertz CT molecular complexity index is 415. The lowest BCUT2D eigenvalue weighted by molar-refractivity contribution is -0.139. The van der Waals surface area contributed by atoms with E-state index in [2.05, 4.69) is 5.43 Å². The van der Waals surface area contributed by atoms with E-state index in [9.17, 15) is 9.59 Å². The quantitative estimate of drug-likeness (QED) is 0.444. The van der Waals surface area contributed by atoms with Crippen molar-refractivity contribution in [2.75, 3.05) is 5.43 Å². The van der Waals surface area contributed by atoms with Crippen molar-refractivity contribution in [2.24, 2.45) is 5.84 Å². The zero-order chi connectivity index (χ0) is 11.5. The molecule has 2 amide bonds. The lowest BCUT2D eigenvalue weighted by atomic mass is 10.2. The molecule has 0 atom stereocenters. The van der Waals surface area contributed by atoms with Crippen molar-refractivity contribution in [1.29, 1.82) is 0 Å². The summed E-state index contributed by atoms with van der Waals surface area (Å²) in [6.07, 6.45) is 0.654. The van der Waals surface area contributed by atoms with Gasteiger partial charge < -0.3 is 5.43 Å². The van der Waals surface area contributed by atoms with Crippen LogP contribution >= 0.6 is 0 Å². The second kappa shape index (κ2) is 4.32. The lowest BCUT2D eigenvalue weighted by Gasteiger charge is -2.14. The maximum atomic E-state index is 11.4. The molecule has 5 nitrogen and oxygen atoms in total. The van der Waals surface area contributed by atoms with E-state index in [1.807, 2.05) is 24.3 Å². The fraction of sp³-hybridized carbons (Fsp3) is 0.273. The van der Waals surface area contributed by atoms with Crippen molar-refractivity contribution in [3.05, 3.63) is 29.8 Å². The van der Waals surface area contributed by atoms with Crippen molar-refractivity contribution < 1.29 is 9.59 Å². The number of rotatable bonds is 3. The SMILES string of the molecule is NNc1cccc(CN2C(=O)CCC2=O)c1. The van der Waals surface area contributed by atoms with E-state index < -0.39 is 0 Å². The molecule has 1 aromatic carbocycles. The largest absolute Gasteiger partial charge is 0.324 e. The van der Waals surface area contributed by atoms with E-state index in [0.717, 1.165) is 11.3 Å². The summed E-state index contributed by atoms with van der Waals surface area (Å²) in [5.74, 6) is 5.08. The highest BCUT2D eigenvalue weighted by atomic mass is 16.2. The van der Waals surface area contributed by atoms with Gasteiger partial charge >= 0.3 is 0 Å². The van der Waals surface area contributed by atoms with E-state index in [1.54, 1.807) is 0 Å². The minimum Gasteiger partial charge on any atom is -0.324 e. The molecule has 0 saturated carbocycles. The standard InChI is InChI=1S/C11H13N3O2/c12-13-9-3-1-2-8(6-9)7-14-10(15)4-5-11(14)16/h1-3,6,13H,4-5,7,12H2. The number of amides is 2. The van der Waals surface area contributed by atoms with E-state index in [4.69, 9.17) is 5.84 Å². The predicted octanol–water partition coefficient (Wildman–Crippen LogP) is 0.621. The lowest BCUT2D eigenvalue weighted by Crippen LogP contribution is -2.28. The first-order valence-electron chi connectivity index (χ1n) is 5.09. The summed E-state index contributed by atoms with van der Waals surface area (Å²) in [4.78, 5) is 24.1. The molecule has 0 spiro atoms. The van der Waals surface area contributed by atoms with E-state index in [0.29, 0.717) is 19.4 Å². The highest BCUT2D eigenvalue weighted by Gasteiger charge is 2.28. The Morgan fingerprint density at radius 2 is 1.94 bits per heavy atom. The number of hydrogen-bond donors (Lipinski definition) is 2. The van der Waals surface area contributed by atoms with Crippen molar-refractivity contribution in [2.45, 2.75) is 19.4 Å². The number of likely N-dealkylation sites (tertiary alicyclic amines) is 1. The Hall–Kier alpha value is -1.88. The first kappa shape index (κ1) is 10.6. The van der Waals surface area contributed by atoms with Crippen LogP contribution in [0.5, 0.6) is 0 Å². The van der Waals surface area contributed by atoms with Gasteiger partial charge in [0.25, 0.3) is 0 Å². The first-order chi connectivity index (χ1) is 7.70. The number of benzene rings is 1.